The van der Waals surface area contributed by atoms with Crippen LogP contribution in [0.15, 0.2) is 253 Å². The van der Waals surface area contributed by atoms with Crippen molar-refractivity contribution in [2.45, 2.75) is 5.41 Å². The van der Waals surface area contributed by atoms with E-state index in [4.69, 9.17) is 19.4 Å². The SMILES string of the molecule is c1ccc(-c2ccc(-c3nc(-c4ccc5sc6ccccc6c5c4)nc(-c4cccc5oc6ccc(-c7cccc(-c8cccc9c8-c8ccccc8C98c9ccccc9-c9ccccc98)c7)cc6c45)n3)cc2)cc1. The molecule has 0 saturated carbocycles. The molecule has 14 aromatic rings. The Balaban J connectivity index is 0.840. The number of fused-ring (bicyclic) bond motifs is 16. The monoisotopic (exact) mass is 971 g/mol. The molecule has 0 amide bonds. The predicted molar refractivity (Wildman–Crippen MR) is 309 cm³/mol. The van der Waals surface area contributed by atoms with E-state index < -0.39 is 5.41 Å². The summed E-state index contributed by atoms with van der Waals surface area (Å²) in [5.74, 6) is 1.81. The van der Waals surface area contributed by atoms with Gasteiger partial charge >= 0.3 is 0 Å². The van der Waals surface area contributed by atoms with E-state index in [1.165, 1.54) is 75.8 Å². The minimum Gasteiger partial charge on any atom is -0.456 e. The van der Waals surface area contributed by atoms with E-state index in [0.29, 0.717) is 17.5 Å². The maximum absolute atomic E-state index is 6.67. The molecule has 3 heterocycles. The van der Waals surface area contributed by atoms with Crippen LogP contribution in [0, 0.1) is 0 Å². The lowest BCUT2D eigenvalue weighted by Gasteiger charge is -2.30. The maximum Gasteiger partial charge on any atom is 0.164 e. The van der Waals surface area contributed by atoms with Crippen molar-refractivity contribution < 1.29 is 4.42 Å². The summed E-state index contributed by atoms with van der Waals surface area (Å²) in [6.45, 7) is 0. The zero-order valence-corrected chi connectivity index (χ0v) is 41.1. The van der Waals surface area contributed by atoms with Gasteiger partial charge in [0.05, 0.1) is 5.41 Å². The zero-order valence-electron chi connectivity index (χ0n) is 40.3. The first-order valence-corrected chi connectivity index (χ1v) is 26.3. The summed E-state index contributed by atoms with van der Waals surface area (Å²) in [5.41, 5.74) is 21.4. The minimum atomic E-state index is -0.405. The number of furan rings is 1. The van der Waals surface area contributed by atoms with Gasteiger partial charge in [-0.25, -0.2) is 15.0 Å². The zero-order chi connectivity index (χ0) is 49.2. The van der Waals surface area contributed by atoms with Crippen LogP contribution in [0.4, 0.5) is 0 Å². The number of hydrogen-bond donors (Lipinski definition) is 0. The molecular formula is C70H41N3OS. The van der Waals surface area contributed by atoms with Gasteiger partial charge in [0.1, 0.15) is 11.2 Å². The van der Waals surface area contributed by atoms with E-state index in [1.54, 1.807) is 11.3 Å². The van der Waals surface area contributed by atoms with Gasteiger partial charge in [-0.3, -0.25) is 0 Å². The van der Waals surface area contributed by atoms with Crippen molar-refractivity contribution in [3.05, 3.63) is 271 Å². The van der Waals surface area contributed by atoms with Crippen LogP contribution in [0.5, 0.6) is 0 Å². The fourth-order valence-electron chi connectivity index (χ4n) is 12.5. The van der Waals surface area contributed by atoms with E-state index in [-0.39, 0.29) is 0 Å². The fourth-order valence-corrected chi connectivity index (χ4v) is 13.6. The highest BCUT2D eigenvalue weighted by Gasteiger charge is 2.52. The summed E-state index contributed by atoms with van der Waals surface area (Å²) in [5, 5.41) is 4.39. The number of hydrogen-bond acceptors (Lipinski definition) is 5. The quantitative estimate of drug-likeness (QED) is 0.167. The van der Waals surface area contributed by atoms with Crippen LogP contribution in [0.25, 0.3) is 132 Å². The molecule has 2 aliphatic carbocycles. The first-order chi connectivity index (χ1) is 37.2. The molecule has 0 saturated heterocycles. The van der Waals surface area contributed by atoms with Crippen LogP contribution >= 0.6 is 11.3 Å². The second kappa shape index (κ2) is 16.2. The third-order valence-corrected chi connectivity index (χ3v) is 16.9. The molecule has 16 rings (SSSR count). The number of thiophene rings is 1. The van der Waals surface area contributed by atoms with Gasteiger partial charge in [-0.2, -0.15) is 0 Å². The lowest BCUT2D eigenvalue weighted by atomic mass is 9.70. The molecule has 3 aromatic heterocycles. The summed E-state index contributed by atoms with van der Waals surface area (Å²) in [7, 11) is 0. The highest BCUT2D eigenvalue weighted by Crippen LogP contribution is 2.64. The molecule has 11 aromatic carbocycles. The summed E-state index contributed by atoms with van der Waals surface area (Å²) >= 11 is 1.81. The molecule has 0 unspecified atom stereocenters. The third-order valence-electron chi connectivity index (χ3n) is 15.8. The van der Waals surface area contributed by atoms with E-state index in [9.17, 15) is 0 Å². The Morgan fingerprint density at radius 1 is 0.293 bits per heavy atom. The molecule has 1 spiro atoms. The van der Waals surface area contributed by atoms with E-state index >= 15 is 0 Å². The Morgan fingerprint density at radius 2 is 0.813 bits per heavy atom. The van der Waals surface area contributed by atoms with Crippen molar-refractivity contribution in [1.29, 1.82) is 0 Å². The first kappa shape index (κ1) is 42.0. The van der Waals surface area contributed by atoms with Crippen molar-refractivity contribution in [2.75, 3.05) is 0 Å². The van der Waals surface area contributed by atoms with Crippen LogP contribution in [0.2, 0.25) is 0 Å². The highest BCUT2D eigenvalue weighted by molar-refractivity contribution is 7.25. The van der Waals surface area contributed by atoms with Gasteiger partial charge in [0.25, 0.3) is 0 Å². The lowest BCUT2D eigenvalue weighted by Crippen LogP contribution is -2.25. The van der Waals surface area contributed by atoms with Crippen LogP contribution in [-0.4, -0.2) is 15.0 Å². The molecule has 0 radical (unpaired) electrons. The number of nitrogens with zero attached hydrogens (tertiary/aromatic N) is 3. The van der Waals surface area contributed by atoms with Gasteiger partial charge in [0, 0.05) is 47.6 Å². The Bertz CT molecular complexity index is 4620. The van der Waals surface area contributed by atoms with Gasteiger partial charge in [-0.15, -0.1) is 11.3 Å². The molecule has 0 N–H and O–H groups in total. The average molecular weight is 972 g/mol. The summed E-state index contributed by atoms with van der Waals surface area (Å²) in [6, 6.07) is 89.9. The van der Waals surface area contributed by atoms with Crippen LogP contribution in [0.3, 0.4) is 0 Å². The lowest BCUT2D eigenvalue weighted by molar-refractivity contribution is 0.669. The minimum absolute atomic E-state index is 0.405. The Morgan fingerprint density at radius 3 is 1.63 bits per heavy atom. The van der Waals surface area contributed by atoms with Gasteiger partial charge in [0.2, 0.25) is 0 Å². The topological polar surface area (TPSA) is 51.8 Å². The fraction of sp³-hybridized carbons (Fsp3) is 0.0143. The predicted octanol–water partition coefficient (Wildman–Crippen LogP) is 18.5. The Labute approximate surface area is 436 Å². The van der Waals surface area contributed by atoms with E-state index in [0.717, 1.165) is 60.9 Å². The Kier molecular flexibility index (Phi) is 9.09. The van der Waals surface area contributed by atoms with Crippen LogP contribution in [-0.2, 0) is 5.41 Å². The normalized spacial score (nSPS) is 12.9. The van der Waals surface area contributed by atoms with Gasteiger partial charge in [0.15, 0.2) is 17.5 Å². The standard InChI is InChI=1S/C70H41N3OS/c1-2-15-42(16-3-1)43-31-33-44(34-32-43)67-71-68(48-36-38-64-55(41-48)52-21-7-11-30-63(52)75-64)73-69(72-67)54-24-14-29-62-66(54)56-40-46(35-37-61(56)74-62)45-17-12-18-47(39-45)49-23-13-28-60-65(49)53-22-6-10-27-59(53)70(60)57-25-8-4-19-50(57)51-20-5-9-26-58(51)70/h1-41H. The smallest absolute Gasteiger partial charge is 0.164 e. The van der Waals surface area contributed by atoms with Crippen LogP contribution < -0.4 is 0 Å². The van der Waals surface area contributed by atoms with Crippen molar-refractivity contribution in [3.63, 3.8) is 0 Å². The molecule has 0 fully saturated rings. The van der Waals surface area contributed by atoms with Crippen molar-refractivity contribution in [1.82, 2.24) is 15.0 Å². The van der Waals surface area contributed by atoms with Gasteiger partial charge in [-0.1, -0.05) is 200 Å². The molecule has 348 valence electrons. The summed E-state index contributed by atoms with van der Waals surface area (Å²) in [6.07, 6.45) is 0. The molecular weight excluding hydrogens is 931 g/mol. The first-order valence-electron chi connectivity index (χ1n) is 25.5. The second-order valence-corrected chi connectivity index (χ2v) is 20.8. The number of benzene rings is 11. The van der Waals surface area contributed by atoms with Crippen molar-refractivity contribution >= 4 is 53.4 Å². The molecule has 0 bridgehead atoms. The summed E-state index contributed by atoms with van der Waals surface area (Å²) < 4.78 is 9.16. The Hall–Kier alpha value is -9.55. The number of rotatable bonds is 6. The maximum atomic E-state index is 6.67. The summed E-state index contributed by atoms with van der Waals surface area (Å²) in [4.78, 5) is 15.9. The molecule has 2 aliphatic rings. The van der Waals surface area contributed by atoms with E-state index in [1.807, 2.05) is 18.2 Å². The molecule has 75 heavy (non-hydrogen) atoms. The molecule has 0 aliphatic heterocycles. The highest BCUT2D eigenvalue weighted by atomic mass is 32.1. The van der Waals surface area contributed by atoms with Crippen molar-refractivity contribution in [2.24, 2.45) is 0 Å². The van der Waals surface area contributed by atoms with Crippen LogP contribution in [0.1, 0.15) is 22.3 Å². The second-order valence-electron chi connectivity index (χ2n) is 19.7. The third kappa shape index (κ3) is 6.26. The van der Waals surface area contributed by atoms with Gasteiger partial charge in [-0.05, 0) is 126 Å². The average Bonchev–Trinajstić information content (AvgIpc) is 4.23. The molecule has 5 heteroatoms. The van der Waals surface area contributed by atoms with Crippen molar-refractivity contribution in [3.8, 4) is 89.8 Å². The van der Waals surface area contributed by atoms with Gasteiger partial charge < -0.3 is 4.42 Å². The van der Waals surface area contributed by atoms with E-state index in [2.05, 4.69) is 231 Å². The largest absolute Gasteiger partial charge is 0.456 e. The molecule has 4 nitrogen and oxygen atoms in total. The number of aromatic nitrogens is 3. The molecule has 0 atom stereocenters.